The van der Waals surface area contributed by atoms with Crippen LogP contribution in [0.2, 0.25) is 0 Å². The summed E-state index contributed by atoms with van der Waals surface area (Å²) in [5, 5.41) is 8.42. The number of rotatable bonds is 15. The largest absolute Gasteiger partial charge is 0.478 e. The van der Waals surface area contributed by atoms with Gasteiger partial charge in [-0.25, -0.2) is 19.3 Å². The van der Waals surface area contributed by atoms with Crippen molar-refractivity contribution in [1.82, 2.24) is 4.90 Å². The smallest absolute Gasteiger partial charge is 0.419 e. The van der Waals surface area contributed by atoms with Crippen molar-refractivity contribution in [3.63, 3.8) is 0 Å². The van der Waals surface area contributed by atoms with Gasteiger partial charge in [0.05, 0.1) is 59.4 Å². The molecule has 11 heteroatoms. The summed E-state index contributed by atoms with van der Waals surface area (Å²) in [4.78, 5) is 35.8. The van der Waals surface area contributed by atoms with Gasteiger partial charge in [-0.2, -0.15) is 0 Å². The molecule has 0 aromatic rings. The summed E-state index contributed by atoms with van der Waals surface area (Å²) in [6.45, 7) is 12.6. The molecule has 0 saturated heterocycles. The summed E-state index contributed by atoms with van der Waals surface area (Å²) >= 11 is 0. The highest BCUT2D eigenvalue weighted by Gasteiger charge is 2.30. The monoisotopic (exact) mass is 477 g/mol. The van der Waals surface area contributed by atoms with Crippen molar-refractivity contribution in [2.45, 2.75) is 52.7 Å². The Balaban J connectivity index is 3.98. The van der Waals surface area contributed by atoms with Crippen molar-refractivity contribution in [3.8, 4) is 0 Å². The molecule has 0 aromatic carbocycles. The molecule has 0 aromatic heterocycles. The number of nitrogens with zero attached hydrogens (tertiary/aromatic N) is 1. The third-order valence-corrected chi connectivity index (χ3v) is 3.28. The first-order valence-electron chi connectivity index (χ1n) is 10.8. The van der Waals surface area contributed by atoms with Crippen LogP contribution in [0, 0.1) is 0 Å². The number of aliphatic carboxylic acids is 1. The Labute approximate surface area is 195 Å². The predicted octanol–water partition coefficient (Wildman–Crippen LogP) is 2.87. The van der Waals surface area contributed by atoms with E-state index in [9.17, 15) is 14.4 Å². The van der Waals surface area contributed by atoms with Crippen LogP contribution in [0.5, 0.6) is 0 Å². The van der Waals surface area contributed by atoms with Crippen LogP contribution in [0.4, 0.5) is 9.59 Å². The van der Waals surface area contributed by atoms with Crippen molar-refractivity contribution in [2.24, 2.45) is 0 Å². The van der Waals surface area contributed by atoms with Gasteiger partial charge in [-0.15, -0.1) is 0 Å². The summed E-state index contributed by atoms with van der Waals surface area (Å²) in [7, 11) is 0. The Morgan fingerprint density at radius 3 is 1.48 bits per heavy atom. The fourth-order valence-electron chi connectivity index (χ4n) is 2.01. The number of imide groups is 1. The molecular formula is C22H39NO10. The van der Waals surface area contributed by atoms with E-state index < -0.39 is 29.4 Å². The first kappa shape index (κ1) is 30.8. The topological polar surface area (TPSA) is 130 Å². The van der Waals surface area contributed by atoms with Crippen LogP contribution in [0.1, 0.15) is 41.5 Å². The number of carbonyl (C=O) groups excluding carboxylic acids is 2. The number of amides is 2. The summed E-state index contributed by atoms with van der Waals surface area (Å²) < 4.78 is 31.8. The lowest BCUT2D eigenvalue weighted by atomic mass is 10.2. The van der Waals surface area contributed by atoms with Crippen molar-refractivity contribution in [3.05, 3.63) is 12.2 Å². The number of carboxylic acids is 1. The Morgan fingerprint density at radius 2 is 1.09 bits per heavy atom. The van der Waals surface area contributed by atoms with E-state index in [1.165, 1.54) is 6.08 Å². The molecule has 0 fully saturated rings. The molecule has 0 atom stereocenters. The zero-order valence-electron chi connectivity index (χ0n) is 20.6. The minimum atomic E-state index is -1.01. The Hall–Kier alpha value is -2.21. The van der Waals surface area contributed by atoms with Gasteiger partial charge in [0.15, 0.2) is 0 Å². The van der Waals surface area contributed by atoms with Crippen LogP contribution in [0.15, 0.2) is 12.2 Å². The minimum Gasteiger partial charge on any atom is -0.478 e. The standard InChI is InChI=1S/C22H39NO10/c1-21(2,3)32-19(26)23(20(27)33-22(4,5)6)9-11-29-13-15-31-17-16-30-14-12-28-10-7-8-18(24)25/h7-8H,9-17H2,1-6H3,(H,24,25)/b8-7+. The molecular weight excluding hydrogens is 438 g/mol. The third kappa shape index (κ3) is 20.1. The van der Waals surface area contributed by atoms with E-state index in [1.807, 2.05) is 0 Å². The maximum Gasteiger partial charge on any atom is 0.419 e. The molecule has 0 aliphatic heterocycles. The van der Waals surface area contributed by atoms with E-state index in [-0.39, 0.29) is 26.4 Å². The molecule has 1 N–H and O–H groups in total. The highest BCUT2D eigenvalue weighted by Crippen LogP contribution is 2.14. The van der Waals surface area contributed by atoms with Gasteiger partial charge >= 0.3 is 18.2 Å². The maximum atomic E-state index is 12.4. The van der Waals surface area contributed by atoms with Crippen molar-refractivity contribution >= 4 is 18.2 Å². The molecule has 0 aliphatic rings. The summed E-state index contributed by atoms with van der Waals surface area (Å²) in [6.07, 6.45) is 0.834. The summed E-state index contributed by atoms with van der Waals surface area (Å²) in [6, 6.07) is 0. The van der Waals surface area contributed by atoms with Crippen LogP contribution in [0.3, 0.4) is 0 Å². The molecule has 0 unspecified atom stereocenters. The van der Waals surface area contributed by atoms with Crippen molar-refractivity contribution in [2.75, 3.05) is 59.4 Å². The van der Waals surface area contributed by atoms with Crippen molar-refractivity contribution < 1.29 is 47.9 Å². The average molecular weight is 478 g/mol. The Kier molecular flexibility index (Phi) is 15.3. The molecule has 33 heavy (non-hydrogen) atoms. The molecule has 0 radical (unpaired) electrons. The van der Waals surface area contributed by atoms with Crippen LogP contribution < -0.4 is 0 Å². The SMILES string of the molecule is CC(C)(C)OC(=O)N(CCOCCOCCOCCOC/C=C/C(=O)O)C(=O)OC(C)(C)C. The zero-order valence-corrected chi connectivity index (χ0v) is 20.6. The number of hydrogen-bond acceptors (Lipinski definition) is 9. The van der Waals surface area contributed by atoms with Gasteiger partial charge in [0, 0.05) is 6.08 Å². The number of carbonyl (C=O) groups is 3. The maximum absolute atomic E-state index is 12.4. The molecule has 0 heterocycles. The highest BCUT2D eigenvalue weighted by atomic mass is 16.6. The first-order valence-corrected chi connectivity index (χ1v) is 10.8. The lowest BCUT2D eigenvalue weighted by Crippen LogP contribution is -2.45. The lowest BCUT2D eigenvalue weighted by Gasteiger charge is -2.28. The van der Waals surface area contributed by atoms with Gasteiger partial charge in [0.2, 0.25) is 0 Å². The molecule has 0 saturated carbocycles. The molecule has 0 spiro atoms. The molecule has 2 amide bonds. The Morgan fingerprint density at radius 1 is 0.697 bits per heavy atom. The first-order chi connectivity index (χ1) is 15.3. The normalized spacial score (nSPS) is 12.1. The lowest BCUT2D eigenvalue weighted by molar-refractivity contribution is -0.131. The van der Waals surface area contributed by atoms with Crippen LogP contribution in [0.25, 0.3) is 0 Å². The van der Waals surface area contributed by atoms with Crippen LogP contribution >= 0.6 is 0 Å². The number of ether oxygens (including phenoxy) is 6. The number of hydrogen-bond donors (Lipinski definition) is 1. The van der Waals surface area contributed by atoms with E-state index in [0.29, 0.717) is 33.0 Å². The van der Waals surface area contributed by atoms with E-state index >= 15 is 0 Å². The molecule has 11 nitrogen and oxygen atoms in total. The second-order valence-corrected chi connectivity index (χ2v) is 8.76. The molecule has 0 rings (SSSR count). The van der Waals surface area contributed by atoms with E-state index in [2.05, 4.69) is 0 Å². The number of carboxylic acid groups (broad SMARTS) is 1. The molecule has 0 aliphatic carbocycles. The van der Waals surface area contributed by atoms with Gasteiger partial charge in [-0.3, -0.25) is 0 Å². The van der Waals surface area contributed by atoms with Gasteiger partial charge in [-0.05, 0) is 41.5 Å². The van der Waals surface area contributed by atoms with E-state index in [1.54, 1.807) is 41.5 Å². The van der Waals surface area contributed by atoms with E-state index in [0.717, 1.165) is 11.0 Å². The fraction of sp³-hybridized carbons (Fsp3) is 0.773. The van der Waals surface area contributed by atoms with Crippen molar-refractivity contribution in [1.29, 1.82) is 0 Å². The van der Waals surface area contributed by atoms with Gasteiger partial charge in [-0.1, -0.05) is 6.08 Å². The van der Waals surface area contributed by atoms with Gasteiger partial charge in [0.25, 0.3) is 0 Å². The zero-order chi connectivity index (χ0) is 25.3. The second kappa shape index (κ2) is 16.4. The van der Waals surface area contributed by atoms with Crippen LogP contribution in [-0.4, -0.2) is 98.8 Å². The second-order valence-electron chi connectivity index (χ2n) is 8.76. The summed E-state index contributed by atoms with van der Waals surface area (Å²) in [5.74, 6) is -1.01. The van der Waals surface area contributed by atoms with Gasteiger partial charge < -0.3 is 33.5 Å². The van der Waals surface area contributed by atoms with Crippen LogP contribution in [-0.2, 0) is 33.2 Å². The average Bonchev–Trinajstić information content (AvgIpc) is 2.64. The predicted molar refractivity (Wildman–Crippen MR) is 119 cm³/mol. The molecule has 0 bridgehead atoms. The van der Waals surface area contributed by atoms with E-state index in [4.69, 9.17) is 33.5 Å². The fourth-order valence-corrected chi connectivity index (χ4v) is 2.01. The third-order valence-electron chi connectivity index (χ3n) is 3.28. The van der Waals surface area contributed by atoms with Gasteiger partial charge in [0.1, 0.15) is 11.2 Å². The Bertz CT molecular complexity index is 579. The quantitative estimate of drug-likeness (QED) is 0.277. The minimum absolute atomic E-state index is 0.0193. The summed E-state index contributed by atoms with van der Waals surface area (Å²) in [5.41, 5.74) is -1.50. The molecule has 192 valence electrons. The highest BCUT2D eigenvalue weighted by molar-refractivity contribution is 5.88.